The van der Waals surface area contributed by atoms with Gasteiger partial charge in [-0.05, 0) is 92.0 Å². The smallest absolute Gasteiger partial charge is 0.0468 e. The Morgan fingerprint density at radius 3 is 1.96 bits per heavy atom. The van der Waals surface area contributed by atoms with Crippen molar-refractivity contribution in [3.63, 3.8) is 0 Å². The maximum atomic E-state index is 2.42. The van der Waals surface area contributed by atoms with Crippen LogP contribution in [-0.2, 0) is 5.41 Å². The van der Waals surface area contributed by atoms with Gasteiger partial charge in [0.2, 0.25) is 0 Å². The normalized spacial score (nSPS) is 13.3. The van der Waals surface area contributed by atoms with Gasteiger partial charge in [-0.15, -0.1) is 11.3 Å². The molecule has 0 fully saturated rings. The van der Waals surface area contributed by atoms with E-state index in [-0.39, 0.29) is 5.41 Å². The molecule has 1 aliphatic carbocycles. The third-order valence-corrected chi connectivity index (χ3v) is 11.9. The van der Waals surface area contributed by atoms with E-state index in [1.54, 1.807) is 0 Å². The summed E-state index contributed by atoms with van der Waals surface area (Å²) in [7, 11) is 0. The molecule has 0 radical (unpaired) electrons. The average Bonchev–Trinajstić information content (AvgIpc) is 3.64. The summed E-state index contributed by atoms with van der Waals surface area (Å²) in [5.41, 5.74) is 11.3. The van der Waals surface area contributed by atoms with Gasteiger partial charge in [-0.25, -0.2) is 0 Å². The van der Waals surface area contributed by atoms with Crippen LogP contribution in [0.4, 0.5) is 17.1 Å². The maximum Gasteiger partial charge on any atom is 0.0468 e. The number of benzene rings is 8. The first-order valence-electron chi connectivity index (χ1n) is 17.0. The molecule has 2 heteroatoms. The second-order valence-corrected chi connectivity index (χ2v) is 14.8. The largest absolute Gasteiger partial charge is 0.310 e. The summed E-state index contributed by atoms with van der Waals surface area (Å²) in [6.07, 6.45) is 0. The van der Waals surface area contributed by atoms with Gasteiger partial charge >= 0.3 is 0 Å². The standard InChI is InChI=1S/C47H33NS/c1-47(2)43-16-7-5-12-38(43)39-25-24-35(29-44(39)47)48(34-23-18-30-10-3-4-11-32(30)28-34)33-21-19-31(20-22-33)36-14-9-15-41-37(36)26-27-42-40-13-6-8-17-45(40)49-46(41)42/h3-29H,1-2H3. The monoisotopic (exact) mass is 643 g/mol. The SMILES string of the molecule is CC1(C)c2ccccc2-c2ccc(N(c3ccc(-c4cccc5c4ccc4c6ccccc6sc54)cc3)c3ccc4ccccc4c3)cc21. The number of thiophene rings is 1. The highest BCUT2D eigenvalue weighted by atomic mass is 32.1. The van der Waals surface area contributed by atoms with Crippen LogP contribution in [-0.4, -0.2) is 0 Å². The summed E-state index contributed by atoms with van der Waals surface area (Å²) < 4.78 is 2.70. The molecule has 1 aliphatic rings. The van der Waals surface area contributed by atoms with Crippen LogP contribution in [0, 0.1) is 0 Å². The lowest BCUT2D eigenvalue weighted by atomic mass is 9.82. The zero-order chi connectivity index (χ0) is 32.7. The quantitative estimate of drug-likeness (QED) is 0.184. The molecule has 0 saturated heterocycles. The second-order valence-electron chi connectivity index (χ2n) is 13.8. The number of fused-ring (bicyclic) bond motifs is 9. The summed E-state index contributed by atoms with van der Waals surface area (Å²) in [5.74, 6) is 0. The van der Waals surface area contributed by atoms with Gasteiger partial charge in [-0.3, -0.25) is 0 Å². The minimum absolute atomic E-state index is 0.0744. The Balaban J connectivity index is 1.11. The van der Waals surface area contributed by atoms with Gasteiger partial charge in [0.1, 0.15) is 0 Å². The van der Waals surface area contributed by atoms with E-state index >= 15 is 0 Å². The number of hydrogen-bond acceptors (Lipinski definition) is 2. The molecule has 0 bridgehead atoms. The van der Waals surface area contributed by atoms with Crippen LogP contribution in [0.5, 0.6) is 0 Å². The molecule has 0 unspecified atom stereocenters. The molecule has 232 valence electrons. The molecule has 1 heterocycles. The molecular weight excluding hydrogens is 611 g/mol. The van der Waals surface area contributed by atoms with Gasteiger partial charge in [-0.2, -0.15) is 0 Å². The summed E-state index contributed by atoms with van der Waals surface area (Å²) in [4.78, 5) is 2.42. The van der Waals surface area contributed by atoms with E-state index in [2.05, 4.69) is 183 Å². The Morgan fingerprint density at radius 2 is 1.06 bits per heavy atom. The molecule has 0 N–H and O–H groups in total. The molecule has 10 rings (SSSR count). The van der Waals surface area contributed by atoms with Gasteiger partial charge in [0.25, 0.3) is 0 Å². The predicted octanol–water partition coefficient (Wildman–Crippen LogP) is 13.8. The maximum absolute atomic E-state index is 2.42. The first-order chi connectivity index (χ1) is 24.0. The van der Waals surface area contributed by atoms with Crippen LogP contribution < -0.4 is 4.90 Å². The number of anilines is 3. The summed E-state index contributed by atoms with van der Waals surface area (Å²) in [5, 5.41) is 7.77. The number of hydrogen-bond donors (Lipinski definition) is 0. The molecule has 0 atom stereocenters. The lowest BCUT2D eigenvalue weighted by Crippen LogP contribution is -2.16. The van der Waals surface area contributed by atoms with E-state index in [9.17, 15) is 0 Å². The average molecular weight is 644 g/mol. The van der Waals surface area contributed by atoms with Crippen molar-refractivity contribution in [1.29, 1.82) is 0 Å². The first kappa shape index (κ1) is 28.3. The van der Waals surface area contributed by atoms with Crippen molar-refractivity contribution < 1.29 is 0 Å². The third-order valence-electron chi connectivity index (χ3n) is 10.7. The fourth-order valence-corrected chi connectivity index (χ4v) is 9.41. The molecule has 1 nitrogen and oxygen atoms in total. The lowest BCUT2D eigenvalue weighted by Gasteiger charge is -2.28. The second kappa shape index (κ2) is 10.7. The van der Waals surface area contributed by atoms with Crippen molar-refractivity contribution >= 4 is 70.1 Å². The molecular formula is C47H33NS. The molecule has 49 heavy (non-hydrogen) atoms. The van der Waals surface area contributed by atoms with Crippen molar-refractivity contribution in [2.75, 3.05) is 4.90 Å². The number of nitrogens with zero attached hydrogens (tertiary/aromatic N) is 1. The van der Waals surface area contributed by atoms with Gasteiger partial charge < -0.3 is 4.90 Å². The predicted molar refractivity (Wildman–Crippen MR) is 212 cm³/mol. The summed E-state index contributed by atoms with van der Waals surface area (Å²) in [6.45, 7) is 4.71. The Bertz CT molecular complexity index is 2750. The fourth-order valence-electron chi connectivity index (χ4n) is 8.18. The molecule has 9 aromatic rings. The van der Waals surface area contributed by atoms with E-state index in [1.165, 1.54) is 80.8 Å². The van der Waals surface area contributed by atoms with Gasteiger partial charge in [0.15, 0.2) is 0 Å². The Kier molecular flexibility index (Phi) is 6.16. The first-order valence-corrected chi connectivity index (χ1v) is 17.8. The third kappa shape index (κ3) is 4.31. The minimum atomic E-state index is -0.0744. The molecule has 0 aliphatic heterocycles. The van der Waals surface area contributed by atoms with Crippen LogP contribution in [0.3, 0.4) is 0 Å². The van der Waals surface area contributed by atoms with Gasteiger partial charge in [0, 0.05) is 48.0 Å². The fraction of sp³-hybridized carbons (Fsp3) is 0.0638. The van der Waals surface area contributed by atoms with E-state index in [0.717, 1.165) is 11.4 Å². The Morgan fingerprint density at radius 1 is 0.429 bits per heavy atom. The number of rotatable bonds is 4. The molecule has 0 amide bonds. The van der Waals surface area contributed by atoms with Crippen LogP contribution in [0.15, 0.2) is 164 Å². The topological polar surface area (TPSA) is 3.24 Å². The molecule has 0 saturated carbocycles. The van der Waals surface area contributed by atoms with Crippen molar-refractivity contribution in [2.45, 2.75) is 19.3 Å². The molecule has 8 aromatic carbocycles. The Hall–Kier alpha value is -5.70. The van der Waals surface area contributed by atoms with E-state index < -0.39 is 0 Å². The summed E-state index contributed by atoms with van der Waals surface area (Å²) in [6, 6.07) is 60.6. The van der Waals surface area contributed by atoms with E-state index in [1.807, 2.05) is 11.3 Å². The zero-order valence-corrected chi connectivity index (χ0v) is 28.3. The lowest BCUT2D eigenvalue weighted by molar-refractivity contribution is 0.660. The van der Waals surface area contributed by atoms with Crippen molar-refractivity contribution in [2.24, 2.45) is 0 Å². The Labute approximate surface area is 290 Å². The van der Waals surface area contributed by atoms with Gasteiger partial charge in [0.05, 0.1) is 0 Å². The van der Waals surface area contributed by atoms with Crippen LogP contribution in [0.25, 0.3) is 64.0 Å². The van der Waals surface area contributed by atoms with Crippen LogP contribution >= 0.6 is 11.3 Å². The summed E-state index contributed by atoms with van der Waals surface area (Å²) >= 11 is 1.89. The van der Waals surface area contributed by atoms with Crippen LogP contribution in [0.1, 0.15) is 25.0 Å². The minimum Gasteiger partial charge on any atom is -0.310 e. The zero-order valence-electron chi connectivity index (χ0n) is 27.4. The van der Waals surface area contributed by atoms with Crippen molar-refractivity contribution in [1.82, 2.24) is 0 Å². The molecule has 0 spiro atoms. The van der Waals surface area contributed by atoms with Crippen LogP contribution in [0.2, 0.25) is 0 Å². The molecule has 1 aromatic heterocycles. The van der Waals surface area contributed by atoms with Crippen molar-refractivity contribution in [3.05, 3.63) is 175 Å². The van der Waals surface area contributed by atoms with E-state index in [4.69, 9.17) is 0 Å². The van der Waals surface area contributed by atoms with E-state index in [0.29, 0.717) is 0 Å². The van der Waals surface area contributed by atoms with Gasteiger partial charge in [-0.1, -0.05) is 135 Å². The van der Waals surface area contributed by atoms with Crippen molar-refractivity contribution in [3.8, 4) is 22.3 Å². The highest BCUT2D eigenvalue weighted by molar-refractivity contribution is 7.26. The highest BCUT2D eigenvalue weighted by Gasteiger charge is 2.35. The highest BCUT2D eigenvalue weighted by Crippen LogP contribution is 2.51.